The number of halogens is 2. The maximum Gasteiger partial charge on any atom is 0.123 e. The summed E-state index contributed by atoms with van der Waals surface area (Å²) in [5, 5.41) is 3.04. The van der Waals surface area contributed by atoms with E-state index in [0.29, 0.717) is 0 Å². The number of benzene rings is 1. The first kappa shape index (κ1) is 11.4. The van der Waals surface area contributed by atoms with E-state index in [9.17, 15) is 4.39 Å². The van der Waals surface area contributed by atoms with E-state index in [1.807, 2.05) is 19.2 Å². The Labute approximate surface area is 78.4 Å². The SMILES string of the molecule is CNCCc1ccc(F)cc1.Cl. The van der Waals surface area contributed by atoms with Crippen molar-refractivity contribution < 1.29 is 4.39 Å². The van der Waals surface area contributed by atoms with Crippen LogP contribution in [-0.2, 0) is 6.42 Å². The fourth-order valence-corrected chi connectivity index (χ4v) is 0.920. The molecule has 0 unspecified atom stereocenters. The molecule has 0 radical (unpaired) electrons. The maximum absolute atomic E-state index is 12.4. The van der Waals surface area contributed by atoms with Gasteiger partial charge in [-0.05, 0) is 37.7 Å². The van der Waals surface area contributed by atoms with Crippen LogP contribution in [0.5, 0.6) is 0 Å². The molecule has 0 saturated carbocycles. The van der Waals surface area contributed by atoms with Gasteiger partial charge in [0.1, 0.15) is 5.82 Å². The molecule has 0 aromatic heterocycles. The van der Waals surface area contributed by atoms with Crippen molar-refractivity contribution in [2.45, 2.75) is 6.42 Å². The van der Waals surface area contributed by atoms with Gasteiger partial charge in [-0.3, -0.25) is 0 Å². The second kappa shape index (κ2) is 5.98. The molecule has 0 aliphatic rings. The third-order valence-corrected chi connectivity index (χ3v) is 1.58. The molecule has 1 nitrogen and oxygen atoms in total. The van der Waals surface area contributed by atoms with Crippen molar-refractivity contribution >= 4 is 12.4 Å². The second-order valence-electron chi connectivity index (χ2n) is 2.48. The zero-order valence-electron chi connectivity index (χ0n) is 7.01. The van der Waals surface area contributed by atoms with E-state index in [4.69, 9.17) is 0 Å². The maximum atomic E-state index is 12.4. The van der Waals surface area contributed by atoms with E-state index in [2.05, 4.69) is 5.32 Å². The predicted octanol–water partition coefficient (Wildman–Crippen LogP) is 2.01. The number of hydrogen-bond acceptors (Lipinski definition) is 1. The van der Waals surface area contributed by atoms with E-state index < -0.39 is 0 Å². The first-order valence-electron chi connectivity index (χ1n) is 3.72. The minimum Gasteiger partial charge on any atom is -0.319 e. The standard InChI is InChI=1S/C9H12FN.ClH/c1-11-7-6-8-2-4-9(10)5-3-8;/h2-5,11H,6-7H2,1H3;1H. The van der Waals surface area contributed by atoms with Crippen molar-refractivity contribution in [3.05, 3.63) is 35.6 Å². The van der Waals surface area contributed by atoms with Crippen LogP contribution < -0.4 is 5.32 Å². The third-order valence-electron chi connectivity index (χ3n) is 1.58. The van der Waals surface area contributed by atoms with Crippen LogP contribution in [0.15, 0.2) is 24.3 Å². The summed E-state index contributed by atoms with van der Waals surface area (Å²) in [7, 11) is 1.91. The molecule has 1 aromatic rings. The summed E-state index contributed by atoms with van der Waals surface area (Å²) in [4.78, 5) is 0. The van der Waals surface area contributed by atoms with Gasteiger partial charge in [-0.15, -0.1) is 12.4 Å². The quantitative estimate of drug-likeness (QED) is 0.767. The average Bonchev–Trinajstić information content (AvgIpc) is 2.04. The first-order valence-corrected chi connectivity index (χ1v) is 3.72. The third kappa shape index (κ3) is 3.69. The van der Waals surface area contributed by atoms with Crippen LogP contribution in [0.1, 0.15) is 5.56 Å². The predicted molar refractivity (Wildman–Crippen MR) is 51.3 cm³/mol. The Hall–Kier alpha value is -0.600. The molecule has 3 heteroatoms. The molecule has 0 amide bonds. The van der Waals surface area contributed by atoms with Gasteiger partial charge >= 0.3 is 0 Å². The number of likely N-dealkylation sites (N-methyl/N-ethyl adjacent to an activating group) is 1. The molecule has 0 spiro atoms. The molecule has 0 aliphatic carbocycles. The van der Waals surface area contributed by atoms with Crippen LogP contribution in [0.25, 0.3) is 0 Å². The highest BCUT2D eigenvalue weighted by Gasteiger charge is 1.91. The Balaban J connectivity index is 0.00000121. The van der Waals surface area contributed by atoms with Crippen molar-refractivity contribution in [1.29, 1.82) is 0 Å². The second-order valence-corrected chi connectivity index (χ2v) is 2.48. The largest absolute Gasteiger partial charge is 0.319 e. The number of hydrogen-bond donors (Lipinski definition) is 1. The van der Waals surface area contributed by atoms with Crippen LogP contribution in [0, 0.1) is 5.82 Å². The Morgan fingerprint density at radius 1 is 1.25 bits per heavy atom. The van der Waals surface area contributed by atoms with E-state index in [0.717, 1.165) is 13.0 Å². The number of nitrogens with one attached hydrogen (secondary N) is 1. The zero-order valence-corrected chi connectivity index (χ0v) is 7.83. The molecule has 68 valence electrons. The molecule has 12 heavy (non-hydrogen) atoms. The molecule has 0 fully saturated rings. The van der Waals surface area contributed by atoms with Gasteiger partial charge in [0.15, 0.2) is 0 Å². The topological polar surface area (TPSA) is 12.0 Å². The summed E-state index contributed by atoms with van der Waals surface area (Å²) in [5.74, 6) is -0.168. The van der Waals surface area contributed by atoms with Gasteiger partial charge in [0.05, 0.1) is 0 Å². The molecular formula is C9H13ClFN. The van der Waals surface area contributed by atoms with E-state index in [-0.39, 0.29) is 18.2 Å². The lowest BCUT2D eigenvalue weighted by atomic mass is 10.1. The van der Waals surface area contributed by atoms with Crippen LogP contribution in [-0.4, -0.2) is 13.6 Å². The summed E-state index contributed by atoms with van der Waals surface area (Å²) in [5.41, 5.74) is 1.17. The van der Waals surface area contributed by atoms with Crippen molar-refractivity contribution in [3.63, 3.8) is 0 Å². The lowest BCUT2D eigenvalue weighted by molar-refractivity contribution is 0.626. The summed E-state index contributed by atoms with van der Waals surface area (Å²) >= 11 is 0. The fourth-order valence-electron chi connectivity index (χ4n) is 0.920. The molecule has 1 aromatic carbocycles. The normalized spacial score (nSPS) is 9.17. The molecule has 0 saturated heterocycles. The van der Waals surface area contributed by atoms with Crippen molar-refractivity contribution in [2.24, 2.45) is 0 Å². The van der Waals surface area contributed by atoms with Crippen molar-refractivity contribution in [2.75, 3.05) is 13.6 Å². The smallest absolute Gasteiger partial charge is 0.123 e. The highest BCUT2D eigenvalue weighted by molar-refractivity contribution is 5.85. The Morgan fingerprint density at radius 2 is 1.83 bits per heavy atom. The Bertz CT molecular complexity index is 210. The molecular weight excluding hydrogens is 177 g/mol. The molecule has 0 aliphatic heterocycles. The minimum atomic E-state index is -0.168. The van der Waals surface area contributed by atoms with Gasteiger partial charge in [0.25, 0.3) is 0 Å². The molecule has 0 atom stereocenters. The molecule has 1 rings (SSSR count). The molecule has 0 bridgehead atoms. The van der Waals surface area contributed by atoms with Gasteiger partial charge in [-0.25, -0.2) is 4.39 Å². The Kier molecular flexibility index (Phi) is 5.68. The average molecular weight is 190 g/mol. The van der Waals surface area contributed by atoms with Gasteiger partial charge in [0, 0.05) is 0 Å². The molecule has 1 N–H and O–H groups in total. The summed E-state index contributed by atoms with van der Waals surface area (Å²) < 4.78 is 12.4. The minimum absolute atomic E-state index is 0. The van der Waals surface area contributed by atoms with Gasteiger partial charge in [-0.2, -0.15) is 0 Å². The lowest BCUT2D eigenvalue weighted by Gasteiger charge is -1.98. The van der Waals surface area contributed by atoms with Gasteiger partial charge in [0.2, 0.25) is 0 Å². The highest BCUT2D eigenvalue weighted by Crippen LogP contribution is 2.02. The van der Waals surface area contributed by atoms with Gasteiger partial charge < -0.3 is 5.32 Å². The van der Waals surface area contributed by atoms with Crippen LogP contribution in [0.2, 0.25) is 0 Å². The van der Waals surface area contributed by atoms with Crippen molar-refractivity contribution in [3.8, 4) is 0 Å². The van der Waals surface area contributed by atoms with E-state index in [1.54, 1.807) is 0 Å². The highest BCUT2D eigenvalue weighted by atomic mass is 35.5. The molecule has 0 heterocycles. The number of rotatable bonds is 3. The Morgan fingerprint density at radius 3 is 2.33 bits per heavy atom. The van der Waals surface area contributed by atoms with Gasteiger partial charge in [-0.1, -0.05) is 12.1 Å². The monoisotopic (exact) mass is 189 g/mol. The van der Waals surface area contributed by atoms with Crippen LogP contribution >= 0.6 is 12.4 Å². The summed E-state index contributed by atoms with van der Waals surface area (Å²) in [6.07, 6.45) is 0.955. The summed E-state index contributed by atoms with van der Waals surface area (Å²) in [6, 6.07) is 6.61. The van der Waals surface area contributed by atoms with Crippen molar-refractivity contribution in [1.82, 2.24) is 5.32 Å². The van der Waals surface area contributed by atoms with E-state index >= 15 is 0 Å². The summed E-state index contributed by atoms with van der Waals surface area (Å²) in [6.45, 7) is 0.936. The zero-order chi connectivity index (χ0) is 8.10. The fraction of sp³-hybridized carbons (Fsp3) is 0.333. The first-order chi connectivity index (χ1) is 5.33. The van der Waals surface area contributed by atoms with E-state index in [1.165, 1.54) is 17.7 Å². The lowest BCUT2D eigenvalue weighted by Crippen LogP contribution is -2.10. The van der Waals surface area contributed by atoms with Crippen LogP contribution in [0.3, 0.4) is 0 Å². The van der Waals surface area contributed by atoms with Crippen LogP contribution in [0.4, 0.5) is 4.39 Å².